The van der Waals surface area contributed by atoms with Gasteiger partial charge in [0.25, 0.3) is 5.56 Å². The third kappa shape index (κ3) is 6.19. The van der Waals surface area contributed by atoms with E-state index < -0.39 is 12.0 Å². The van der Waals surface area contributed by atoms with E-state index in [2.05, 4.69) is 27.0 Å². The predicted molar refractivity (Wildman–Crippen MR) is 168 cm³/mol. The highest BCUT2D eigenvalue weighted by atomic mass is 79.9. The molecule has 1 atom stereocenters. The summed E-state index contributed by atoms with van der Waals surface area (Å²) >= 11 is 4.77. The van der Waals surface area contributed by atoms with Crippen molar-refractivity contribution in [1.29, 1.82) is 5.26 Å². The van der Waals surface area contributed by atoms with E-state index in [-0.39, 0.29) is 18.8 Å². The maximum absolute atomic E-state index is 14.1. The van der Waals surface area contributed by atoms with E-state index in [0.29, 0.717) is 43.2 Å². The van der Waals surface area contributed by atoms with Gasteiger partial charge in [0.15, 0.2) is 16.3 Å². The van der Waals surface area contributed by atoms with Crippen molar-refractivity contribution in [3.05, 3.63) is 124 Å². The number of allylic oxidation sites excluding steroid dienone is 1. The van der Waals surface area contributed by atoms with Crippen molar-refractivity contribution in [2.45, 2.75) is 33.4 Å². The summed E-state index contributed by atoms with van der Waals surface area (Å²) in [6, 6.07) is 19.9. The Morgan fingerprint density at radius 3 is 2.51 bits per heavy atom. The number of nitriles is 1. The Balaban J connectivity index is 1.64. The molecular formula is C33H28BrN3O5S. The van der Waals surface area contributed by atoms with Crippen LogP contribution in [0.3, 0.4) is 0 Å². The Morgan fingerprint density at radius 2 is 1.86 bits per heavy atom. The molecule has 0 saturated heterocycles. The highest BCUT2D eigenvalue weighted by Crippen LogP contribution is 2.36. The number of methoxy groups -OCH3 is 1. The molecule has 0 aliphatic carbocycles. The fourth-order valence-corrected chi connectivity index (χ4v) is 6.32. The lowest BCUT2D eigenvalue weighted by atomic mass is 9.95. The molecule has 3 aromatic carbocycles. The van der Waals surface area contributed by atoms with Gasteiger partial charge < -0.3 is 14.2 Å². The highest BCUT2D eigenvalue weighted by Gasteiger charge is 2.33. The Bertz CT molecular complexity index is 1950. The number of fused-ring (bicyclic) bond motifs is 1. The number of thiazole rings is 1. The summed E-state index contributed by atoms with van der Waals surface area (Å²) in [4.78, 5) is 32.4. The number of nitrogens with zero attached hydrogens (tertiary/aromatic N) is 3. The summed E-state index contributed by atoms with van der Waals surface area (Å²) in [6.45, 7) is 5.92. The number of halogens is 1. The molecule has 0 unspecified atom stereocenters. The number of aryl methyl sites for hydroxylation is 1. The lowest BCUT2D eigenvalue weighted by molar-refractivity contribution is -0.139. The van der Waals surface area contributed by atoms with E-state index in [1.54, 1.807) is 49.8 Å². The van der Waals surface area contributed by atoms with Crippen LogP contribution in [0.4, 0.5) is 0 Å². The van der Waals surface area contributed by atoms with E-state index >= 15 is 0 Å². The minimum absolute atomic E-state index is 0.205. The van der Waals surface area contributed by atoms with Crippen LogP contribution in [-0.4, -0.2) is 24.3 Å². The maximum atomic E-state index is 14.1. The quantitative estimate of drug-likeness (QED) is 0.237. The molecule has 43 heavy (non-hydrogen) atoms. The fraction of sp³-hybridized carbons (Fsp3) is 0.212. The monoisotopic (exact) mass is 657 g/mol. The molecule has 218 valence electrons. The first-order valence-electron chi connectivity index (χ1n) is 13.5. The topological polar surface area (TPSA) is 103 Å². The normalized spacial score (nSPS) is 14.5. The Labute approximate surface area is 260 Å². The van der Waals surface area contributed by atoms with E-state index in [1.807, 2.05) is 49.4 Å². The molecule has 1 aromatic heterocycles. The maximum Gasteiger partial charge on any atom is 0.338 e. The number of hydrogen-bond acceptors (Lipinski definition) is 8. The molecule has 1 aliphatic heterocycles. The van der Waals surface area contributed by atoms with Crippen LogP contribution in [0.25, 0.3) is 6.08 Å². The summed E-state index contributed by atoms with van der Waals surface area (Å²) < 4.78 is 20.0. The van der Waals surface area contributed by atoms with Gasteiger partial charge in [0.05, 0.1) is 47.2 Å². The van der Waals surface area contributed by atoms with Crippen molar-refractivity contribution in [3.63, 3.8) is 0 Å². The zero-order valence-corrected chi connectivity index (χ0v) is 26.4. The molecule has 0 bridgehead atoms. The minimum Gasteiger partial charge on any atom is -0.493 e. The molecule has 8 nitrogen and oxygen atoms in total. The zero-order chi connectivity index (χ0) is 30.7. The molecule has 2 heterocycles. The van der Waals surface area contributed by atoms with Crippen molar-refractivity contribution >= 4 is 39.3 Å². The third-order valence-electron chi connectivity index (χ3n) is 6.93. The standard InChI is InChI=1S/C33H28BrN3O5S/c1-5-41-32(39)28-20(3)36-33-37(29(28)23-12-6-19(2)7-13-23)31(38)27(43-33)15-24-14-25(34)16-26(40-4)30(24)42-18-22-10-8-21(17-35)9-11-22/h6-16,29H,5,18H2,1-4H3/b27-15-/t29-/m0/s1. The zero-order valence-electron chi connectivity index (χ0n) is 24.0. The van der Waals surface area contributed by atoms with Crippen LogP contribution in [0, 0.1) is 18.3 Å². The number of rotatable bonds is 8. The first-order chi connectivity index (χ1) is 20.7. The molecule has 0 N–H and O–H groups in total. The summed E-state index contributed by atoms with van der Waals surface area (Å²) in [5.41, 5.74) is 4.45. The van der Waals surface area contributed by atoms with E-state index in [4.69, 9.17) is 19.5 Å². The molecule has 0 spiro atoms. The van der Waals surface area contributed by atoms with Crippen LogP contribution in [0.1, 0.15) is 47.7 Å². The number of carbonyl (C=O) groups excluding carboxylic acids is 1. The first kappa shape index (κ1) is 30.0. The fourth-order valence-electron chi connectivity index (χ4n) is 4.83. The lowest BCUT2D eigenvalue weighted by Crippen LogP contribution is -2.39. The number of aromatic nitrogens is 1. The summed E-state index contributed by atoms with van der Waals surface area (Å²) in [7, 11) is 1.55. The molecule has 0 saturated carbocycles. The highest BCUT2D eigenvalue weighted by molar-refractivity contribution is 9.10. The van der Waals surface area contributed by atoms with Crippen LogP contribution >= 0.6 is 27.3 Å². The number of carbonyl (C=O) groups is 1. The van der Waals surface area contributed by atoms with E-state index in [9.17, 15) is 9.59 Å². The smallest absolute Gasteiger partial charge is 0.338 e. The summed E-state index contributed by atoms with van der Waals surface area (Å²) in [5.74, 6) is 0.443. The lowest BCUT2D eigenvalue weighted by Gasteiger charge is -2.24. The first-order valence-corrected chi connectivity index (χ1v) is 15.1. The SMILES string of the molecule is CCOC(=O)C1=C(C)N=c2s/c(=C\c3cc(Br)cc(OC)c3OCc3ccc(C#N)cc3)c(=O)n2[C@H]1c1ccc(C)cc1. The second-order valence-electron chi connectivity index (χ2n) is 9.84. The number of hydrogen-bond donors (Lipinski definition) is 0. The van der Waals surface area contributed by atoms with Crippen molar-refractivity contribution in [3.8, 4) is 17.6 Å². The van der Waals surface area contributed by atoms with Gasteiger partial charge in [0.2, 0.25) is 0 Å². The average molecular weight is 659 g/mol. The number of esters is 1. The van der Waals surface area contributed by atoms with Crippen molar-refractivity contribution in [1.82, 2.24) is 4.57 Å². The molecule has 1 aliphatic rings. The van der Waals surface area contributed by atoms with Gasteiger partial charge in [-0.15, -0.1) is 0 Å². The van der Waals surface area contributed by atoms with Gasteiger partial charge in [-0.2, -0.15) is 5.26 Å². The van der Waals surface area contributed by atoms with Gasteiger partial charge >= 0.3 is 5.97 Å². The molecule has 0 radical (unpaired) electrons. The van der Waals surface area contributed by atoms with Crippen molar-refractivity contribution in [2.24, 2.45) is 4.99 Å². The van der Waals surface area contributed by atoms with E-state index in [0.717, 1.165) is 21.2 Å². The molecule has 0 amide bonds. The Morgan fingerprint density at radius 1 is 1.14 bits per heavy atom. The third-order valence-corrected chi connectivity index (χ3v) is 8.37. The van der Waals surface area contributed by atoms with Crippen LogP contribution in [0.2, 0.25) is 0 Å². The van der Waals surface area contributed by atoms with Gasteiger partial charge in [-0.05, 0) is 62.2 Å². The molecular weight excluding hydrogens is 630 g/mol. The van der Waals surface area contributed by atoms with Crippen LogP contribution < -0.4 is 24.4 Å². The van der Waals surface area contributed by atoms with Gasteiger partial charge in [-0.3, -0.25) is 9.36 Å². The average Bonchev–Trinajstić information content (AvgIpc) is 3.30. The molecule has 5 rings (SSSR count). The van der Waals surface area contributed by atoms with Crippen LogP contribution in [0.15, 0.2) is 86.2 Å². The van der Waals surface area contributed by atoms with Gasteiger partial charge in [0.1, 0.15) is 6.61 Å². The predicted octanol–water partition coefficient (Wildman–Crippen LogP) is 5.33. The Hall–Kier alpha value is -4.46. The summed E-state index contributed by atoms with van der Waals surface area (Å²) in [5, 5.41) is 9.10. The van der Waals surface area contributed by atoms with Gasteiger partial charge in [-0.25, -0.2) is 9.79 Å². The minimum atomic E-state index is -0.692. The van der Waals surface area contributed by atoms with Crippen molar-refractivity contribution < 1.29 is 19.0 Å². The van der Waals surface area contributed by atoms with Gasteiger partial charge in [0, 0.05) is 10.0 Å². The molecule has 10 heteroatoms. The summed E-state index contributed by atoms with van der Waals surface area (Å²) in [6.07, 6.45) is 1.75. The van der Waals surface area contributed by atoms with Crippen LogP contribution in [0.5, 0.6) is 11.5 Å². The molecule has 4 aromatic rings. The van der Waals surface area contributed by atoms with Crippen LogP contribution in [-0.2, 0) is 16.1 Å². The number of benzene rings is 3. The van der Waals surface area contributed by atoms with Gasteiger partial charge in [-0.1, -0.05) is 69.2 Å². The second kappa shape index (κ2) is 12.8. The van der Waals surface area contributed by atoms with Crippen molar-refractivity contribution in [2.75, 3.05) is 13.7 Å². The molecule has 0 fully saturated rings. The number of ether oxygens (including phenoxy) is 3. The Kier molecular flexibility index (Phi) is 8.94. The second-order valence-corrected chi connectivity index (χ2v) is 11.8. The largest absolute Gasteiger partial charge is 0.493 e. The van der Waals surface area contributed by atoms with E-state index in [1.165, 1.54) is 11.3 Å².